The summed E-state index contributed by atoms with van der Waals surface area (Å²) in [4.78, 5) is 14.6. The lowest BCUT2D eigenvalue weighted by Crippen LogP contribution is -2.31. The SMILES string of the molecule is CN(C)CCNC(=O)c1cc(S)ccc1Br. The van der Waals surface area contributed by atoms with E-state index in [1.807, 2.05) is 31.1 Å². The molecule has 0 radical (unpaired) electrons. The molecule has 5 heteroatoms. The number of rotatable bonds is 4. The topological polar surface area (TPSA) is 32.3 Å². The molecule has 1 amide bonds. The van der Waals surface area contributed by atoms with E-state index in [2.05, 4.69) is 33.9 Å². The van der Waals surface area contributed by atoms with Crippen LogP contribution >= 0.6 is 28.6 Å². The summed E-state index contributed by atoms with van der Waals surface area (Å²) in [5, 5.41) is 2.85. The largest absolute Gasteiger partial charge is 0.351 e. The van der Waals surface area contributed by atoms with E-state index in [4.69, 9.17) is 0 Å². The highest BCUT2D eigenvalue weighted by Crippen LogP contribution is 2.19. The molecule has 1 rings (SSSR count). The van der Waals surface area contributed by atoms with Crippen molar-refractivity contribution in [2.75, 3.05) is 27.2 Å². The Bertz CT molecular complexity index is 382. The summed E-state index contributed by atoms with van der Waals surface area (Å²) < 4.78 is 0.785. The molecule has 0 spiro atoms. The van der Waals surface area contributed by atoms with Crippen LogP contribution in [-0.2, 0) is 0 Å². The van der Waals surface area contributed by atoms with Crippen molar-refractivity contribution in [1.29, 1.82) is 0 Å². The minimum Gasteiger partial charge on any atom is -0.351 e. The summed E-state index contributed by atoms with van der Waals surface area (Å²) >= 11 is 7.56. The summed E-state index contributed by atoms with van der Waals surface area (Å²) in [6.07, 6.45) is 0. The van der Waals surface area contributed by atoms with E-state index < -0.39 is 0 Å². The number of halogens is 1. The second kappa shape index (κ2) is 6.27. The molecule has 16 heavy (non-hydrogen) atoms. The molecule has 0 saturated carbocycles. The van der Waals surface area contributed by atoms with Gasteiger partial charge < -0.3 is 10.2 Å². The van der Waals surface area contributed by atoms with Gasteiger partial charge in [0.15, 0.2) is 0 Å². The second-order valence-electron chi connectivity index (χ2n) is 3.72. The van der Waals surface area contributed by atoms with E-state index in [0.29, 0.717) is 12.1 Å². The monoisotopic (exact) mass is 302 g/mol. The molecule has 0 saturated heterocycles. The van der Waals surface area contributed by atoms with Gasteiger partial charge in [0, 0.05) is 22.5 Å². The molecule has 0 heterocycles. The third-order valence-corrected chi connectivity index (χ3v) is 3.01. The number of thiol groups is 1. The van der Waals surface area contributed by atoms with Gasteiger partial charge in [0.2, 0.25) is 0 Å². The highest BCUT2D eigenvalue weighted by atomic mass is 79.9. The Kier molecular flexibility index (Phi) is 5.31. The van der Waals surface area contributed by atoms with Gasteiger partial charge in [-0.25, -0.2) is 0 Å². The minimum absolute atomic E-state index is 0.0791. The van der Waals surface area contributed by atoms with E-state index in [1.54, 1.807) is 6.07 Å². The van der Waals surface area contributed by atoms with Crippen LogP contribution in [0.3, 0.4) is 0 Å². The number of carbonyl (C=O) groups excluding carboxylic acids is 1. The highest BCUT2D eigenvalue weighted by Gasteiger charge is 2.09. The molecular weight excluding hydrogens is 288 g/mol. The molecule has 0 aliphatic carbocycles. The zero-order valence-electron chi connectivity index (χ0n) is 9.33. The number of nitrogens with one attached hydrogen (secondary N) is 1. The van der Waals surface area contributed by atoms with Crippen molar-refractivity contribution < 1.29 is 4.79 Å². The number of carbonyl (C=O) groups is 1. The van der Waals surface area contributed by atoms with E-state index in [-0.39, 0.29) is 5.91 Å². The van der Waals surface area contributed by atoms with Crippen molar-refractivity contribution in [1.82, 2.24) is 10.2 Å². The molecule has 0 unspecified atom stereocenters. The van der Waals surface area contributed by atoms with Crippen LogP contribution in [-0.4, -0.2) is 38.0 Å². The molecule has 0 aromatic heterocycles. The third kappa shape index (κ3) is 4.15. The summed E-state index contributed by atoms with van der Waals surface area (Å²) in [7, 11) is 3.94. The van der Waals surface area contributed by atoms with E-state index >= 15 is 0 Å². The van der Waals surface area contributed by atoms with Crippen molar-refractivity contribution in [3.8, 4) is 0 Å². The van der Waals surface area contributed by atoms with Crippen molar-refractivity contribution in [3.05, 3.63) is 28.2 Å². The number of amides is 1. The first-order valence-electron chi connectivity index (χ1n) is 4.92. The van der Waals surface area contributed by atoms with Crippen LogP contribution in [0.25, 0.3) is 0 Å². The Morgan fingerprint density at radius 3 is 2.81 bits per heavy atom. The van der Waals surface area contributed by atoms with Gasteiger partial charge >= 0.3 is 0 Å². The van der Waals surface area contributed by atoms with Crippen molar-refractivity contribution in [2.45, 2.75) is 4.90 Å². The van der Waals surface area contributed by atoms with Gasteiger partial charge in [0.25, 0.3) is 5.91 Å². The van der Waals surface area contributed by atoms with Crippen LogP contribution in [0.1, 0.15) is 10.4 Å². The molecule has 0 fully saturated rings. The van der Waals surface area contributed by atoms with Gasteiger partial charge in [-0.1, -0.05) is 0 Å². The van der Waals surface area contributed by atoms with Crippen LogP contribution < -0.4 is 5.32 Å². The quantitative estimate of drug-likeness (QED) is 0.834. The van der Waals surface area contributed by atoms with Crippen LogP contribution in [0.15, 0.2) is 27.6 Å². The smallest absolute Gasteiger partial charge is 0.252 e. The molecule has 1 aromatic rings. The van der Waals surface area contributed by atoms with Gasteiger partial charge in [-0.2, -0.15) is 0 Å². The predicted octanol–water partition coefficient (Wildman–Crippen LogP) is 2.03. The maximum Gasteiger partial charge on any atom is 0.252 e. The van der Waals surface area contributed by atoms with Crippen molar-refractivity contribution in [2.24, 2.45) is 0 Å². The Hall–Kier alpha value is -0.520. The van der Waals surface area contributed by atoms with Crippen LogP contribution in [0, 0.1) is 0 Å². The number of benzene rings is 1. The fraction of sp³-hybridized carbons (Fsp3) is 0.364. The molecule has 0 atom stereocenters. The lowest BCUT2D eigenvalue weighted by Gasteiger charge is -2.11. The highest BCUT2D eigenvalue weighted by molar-refractivity contribution is 9.10. The Balaban J connectivity index is 2.62. The summed E-state index contributed by atoms with van der Waals surface area (Å²) in [5.74, 6) is -0.0791. The van der Waals surface area contributed by atoms with Gasteiger partial charge in [0.1, 0.15) is 0 Å². The fourth-order valence-electron chi connectivity index (χ4n) is 1.18. The first-order chi connectivity index (χ1) is 7.50. The van der Waals surface area contributed by atoms with Gasteiger partial charge in [0.05, 0.1) is 5.56 Å². The Labute approximate surface area is 110 Å². The fourth-order valence-corrected chi connectivity index (χ4v) is 1.81. The molecule has 3 nitrogen and oxygen atoms in total. The number of nitrogens with zero attached hydrogens (tertiary/aromatic N) is 1. The first-order valence-corrected chi connectivity index (χ1v) is 6.16. The van der Waals surface area contributed by atoms with Gasteiger partial charge in [-0.15, -0.1) is 12.6 Å². The molecule has 0 aliphatic rings. The van der Waals surface area contributed by atoms with Crippen molar-refractivity contribution >= 4 is 34.5 Å². The number of hydrogen-bond acceptors (Lipinski definition) is 3. The molecule has 0 aliphatic heterocycles. The molecular formula is C11H15BrN2OS. The Morgan fingerprint density at radius 1 is 1.50 bits per heavy atom. The molecule has 88 valence electrons. The number of hydrogen-bond donors (Lipinski definition) is 2. The standard InChI is InChI=1S/C11H15BrN2OS/c1-14(2)6-5-13-11(15)9-7-8(16)3-4-10(9)12/h3-4,7,16H,5-6H2,1-2H3,(H,13,15). The second-order valence-corrected chi connectivity index (χ2v) is 5.09. The van der Waals surface area contributed by atoms with Crippen LogP contribution in [0.4, 0.5) is 0 Å². The van der Waals surface area contributed by atoms with Gasteiger partial charge in [-0.3, -0.25) is 4.79 Å². The summed E-state index contributed by atoms with van der Waals surface area (Å²) in [6.45, 7) is 1.46. The summed E-state index contributed by atoms with van der Waals surface area (Å²) in [5.41, 5.74) is 0.617. The predicted molar refractivity (Wildman–Crippen MR) is 72.3 cm³/mol. The lowest BCUT2D eigenvalue weighted by molar-refractivity contribution is 0.0950. The van der Waals surface area contributed by atoms with Crippen molar-refractivity contribution in [3.63, 3.8) is 0 Å². The molecule has 0 bridgehead atoms. The average molecular weight is 303 g/mol. The first kappa shape index (κ1) is 13.5. The maximum absolute atomic E-state index is 11.8. The normalized spacial score (nSPS) is 10.6. The lowest BCUT2D eigenvalue weighted by atomic mass is 10.2. The van der Waals surface area contributed by atoms with Gasteiger partial charge in [-0.05, 0) is 48.2 Å². The average Bonchev–Trinajstić information content (AvgIpc) is 2.21. The summed E-state index contributed by atoms with van der Waals surface area (Å²) in [6, 6.07) is 5.41. The van der Waals surface area contributed by atoms with Crippen LogP contribution in [0.2, 0.25) is 0 Å². The van der Waals surface area contributed by atoms with E-state index in [0.717, 1.165) is 15.9 Å². The molecule has 1 N–H and O–H groups in total. The van der Waals surface area contributed by atoms with E-state index in [1.165, 1.54) is 0 Å². The number of likely N-dealkylation sites (N-methyl/N-ethyl adjacent to an activating group) is 1. The van der Waals surface area contributed by atoms with Crippen LogP contribution in [0.5, 0.6) is 0 Å². The minimum atomic E-state index is -0.0791. The molecule has 1 aromatic carbocycles. The Morgan fingerprint density at radius 2 is 2.19 bits per heavy atom. The zero-order chi connectivity index (χ0) is 12.1. The van der Waals surface area contributed by atoms with E-state index in [9.17, 15) is 4.79 Å². The third-order valence-electron chi connectivity index (χ3n) is 2.04. The maximum atomic E-state index is 11.8. The zero-order valence-corrected chi connectivity index (χ0v) is 11.8.